The van der Waals surface area contributed by atoms with Crippen LogP contribution in [0.25, 0.3) is 0 Å². The molecule has 0 aromatic heterocycles. The summed E-state index contributed by atoms with van der Waals surface area (Å²) < 4.78 is 0. The Morgan fingerprint density at radius 1 is 1.00 bits per heavy atom. The quantitative estimate of drug-likeness (QED) is 0.622. The number of hydrogen-bond donors (Lipinski definition) is 1. The maximum Gasteiger partial charge on any atom is 0.0662 e. The van der Waals surface area contributed by atoms with Crippen molar-refractivity contribution in [1.82, 2.24) is 0 Å². The van der Waals surface area contributed by atoms with Crippen LogP contribution in [0.5, 0.6) is 0 Å². The topological polar surface area (TPSA) is 38.4 Å². The van der Waals surface area contributed by atoms with E-state index in [1.54, 1.807) is 0 Å². The molecule has 0 amide bonds. The van der Waals surface area contributed by atoms with E-state index in [-0.39, 0.29) is 0 Å². The number of rotatable bonds is 2. The Bertz CT molecular complexity index is 581. The van der Waals surface area contributed by atoms with Crippen LogP contribution in [0.4, 0.5) is 11.4 Å². The Kier molecular flexibility index (Phi) is 3.47. The minimum absolute atomic E-state index is 0.776. The minimum atomic E-state index is 0.776. The first-order valence-corrected chi connectivity index (χ1v) is 6.05. The summed E-state index contributed by atoms with van der Waals surface area (Å²) in [7, 11) is 0. The predicted molar refractivity (Wildman–Crippen MR) is 78.6 cm³/mol. The second-order valence-corrected chi connectivity index (χ2v) is 4.61. The maximum absolute atomic E-state index is 5.68. The van der Waals surface area contributed by atoms with Gasteiger partial charge in [0.2, 0.25) is 0 Å². The van der Waals surface area contributed by atoms with Gasteiger partial charge >= 0.3 is 0 Å². The second-order valence-electron chi connectivity index (χ2n) is 4.61. The van der Waals surface area contributed by atoms with Crippen molar-refractivity contribution in [1.29, 1.82) is 0 Å². The molecule has 0 saturated heterocycles. The van der Waals surface area contributed by atoms with E-state index in [2.05, 4.69) is 37.0 Å². The highest BCUT2D eigenvalue weighted by Gasteiger charge is 2.00. The molecule has 2 N–H and O–H groups in total. The van der Waals surface area contributed by atoms with E-state index in [1.165, 1.54) is 11.1 Å². The van der Waals surface area contributed by atoms with Crippen LogP contribution in [0.3, 0.4) is 0 Å². The molecule has 0 atom stereocenters. The number of nitrogens with two attached hydrogens (primary N) is 1. The zero-order chi connectivity index (χ0) is 13.1. The van der Waals surface area contributed by atoms with Gasteiger partial charge in [-0.25, -0.2) is 0 Å². The molecule has 2 aromatic carbocycles. The summed E-state index contributed by atoms with van der Waals surface area (Å²) >= 11 is 0. The molecule has 2 heteroatoms. The van der Waals surface area contributed by atoms with Crippen LogP contribution in [-0.2, 0) is 0 Å². The first kappa shape index (κ1) is 12.4. The number of hydrogen-bond acceptors (Lipinski definition) is 2. The first-order valence-electron chi connectivity index (χ1n) is 6.05. The molecule has 0 saturated carbocycles. The van der Waals surface area contributed by atoms with Gasteiger partial charge in [0.15, 0.2) is 0 Å². The highest BCUT2D eigenvalue weighted by Crippen LogP contribution is 2.21. The molecule has 0 spiro atoms. The van der Waals surface area contributed by atoms with Crippen molar-refractivity contribution in [2.75, 3.05) is 5.73 Å². The lowest BCUT2D eigenvalue weighted by molar-refractivity contribution is 1.34. The molecule has 2 nitrogen and oxygen atoms in total. The van der Waals surface area contributed by atoms with Gasteiger partial charge in [-0.05, 0) is 50.1 Å². The van der Waals surface area contributed by atoms with Gasteiger partial charge in [0.25, 0.3) is 0 Å². The minimum Gasteiger partial charge on any atom is -0.399 e. The molecular weight excluding hydrogens is 220 g/mol. The lowest BCUT2D eigenvalue weighted by Gasteiger charge is -2.05. The third-order valence-electron chi connectivity index (χ3n) is 2.97. The fourth-order valence-corrected chi connectivity index (χ4v) is 1.90. The summed E-state index contributed by atoms with van der Waals surface area (Å²) in [6, 6.07) is 14.1. The smallest absolute Gasteiger partial charge is 0.0662 e. The summed E-state index contributed by atoms with van der Waals surface area (Å²) in [5, 5.41) is 0. The fraction of sp³-hybridized carbons (Fsp3) is 0.188. The number of anilines is 1. The van der Waals surface area contributed by atoms with Crippen LogP contribution in [0.2, 0.25) is 0 Å². The van der Waals surface area contributed by atoms with E-state index in [9.17, 15) is 0 Å². The van der Waals surface area contributed by atoms with Crippen molar-refractivity contribution in [3.63, 3.8) is 0 Å². The first-order chi connectivity index (χ1) is 8.56. The third-order valence-corrected chi connectivity index (χ3v) is 2.97. The molecule has 2 rings (SSSR count). The van der Waals surface area contributed by atoms with Gasteiger partial charge in [-0.1, -0.05) is 29.8 Å². The summed E-state index contributed by atoms with van der Waals surface area (Å²) in [4.78, 5) is 4.68. The molecular formula is C16H18N2. The Balaban J connectivity index is 2.35. The monoisotopic (exact) mass is 238 g/mol. The van der Waals surface area contributed by atoms with E-state index in [4.69, 9.17) is 5.73 Å². The van der Waals surface area contributed by atoms with Gasteiger partial charge in [0.05, 0.1) is 5.69 Å². The van der Waals surface area contributed by atoms with Crippen molar-refractivity contribution in [2.24, 2.45) is 4.99 Å². The average Bonchev–Trinajstić information content (AvgIpc) is 2.33. The molecule has 2 aromatic rings. The second kappa shape index (κ2) is 5.05. The molecule has 0 unspecified atom stereocenters. The van der Waals surface area contributed by atoms with E-state index < -0.39 is 0 Å². The third kappa shape index (κ3) is 2.77. The molecule has 0 aliphatic carbocycles. The maximum atomic E-state index is 5.68. The van der Waals surface area contributed by atoms with E-state index in [0.29, 0.717) is 0 Å². The van der Waals surface area contributed by atoms with E-state index >= 15 is 0 Å². The number of aryl methyl sites for hydroxylation is 2. The molecule has 0 bridgehead atoms. The van der Waals surface area contributed by atoms with E-state index in [0.717, 1.165) is 22.6 Å². The number of nitrogens with zero attached hydrogens (tertiary/aromatic N) is 1. The number of aliphatic imine (C=N–C) groups is 1. The van der Waals surface area contributed by atoms with Gasteiger partial charge in [-0.3, -0.25) is 4.99 Å². The highest BCUT2D eigenvalue weighted by molar-refractivity contribution is 6.00. The summed E-state index contributed by atoms with van der Waals surface area (Å²) in [6.07, 6.45) is 0. The normalized spacial score (nSPS) is 11.6. The van der Waals surface area contributed by atoms with Gasteiger partial charge in [0, 0.05) is 11.4 Å². The van der Waals surface area contributed by atoms with Gasteiger partial charge < -0.3 is 5.73 Å². The molecule has 0 aliphatic rings. The van der Waals surface area contributed by atoms with Crippen molar-refractivity contribution in [2.45, 2.75) is 20.8 Å². The molecule has 0 radical (unpaired) electrons. The Morgan fingerprint density at radius 2 is 1.67 bits per heavy atom. The van der Waals surface area contributed by atoms with E-state index in [1.807, 2.05) is 31.2 Å². The number of benzene rings is 2. The van der Waals surface area contributed by atoms with Gasteiger partial charge in [0.1, 0.15) is 0 Å². The SMILES string of the molecule is C/C(=N\c1ccc(C)cc1C)c1ccc(N)cc1. The zero-order valence-corrected chi connectivity index (χ0v) is 11.1. The average molecular weight is 238 g/mol. The van der Waals surface area contributed by atoms with Crippen LogP contribution in [0.15, 0.2) is 47.5 Å². The largest absolute Gasteiger partial charge is 0.399 e. The van der Waals surface area contributed by atoms with Gasteiger partial charge in [-0.2, -0.15) is 0 Å². The Morgan fingerprint density at radius 3 is 2.28 bits per heavy atom. The Labute approximate surface area is 108 Å². The molecule has 0 heterocycles. The molecule has 18 heavy (non-hydrogen) atoms. The van der Waals surface area contributed by atoms with Crippen molar-refractivity contribution in [3.05, 3.63) is 59.2 Å². The van der Waals surface area contributed by atoms with Crippen molar-refractivity contribution >= 4 is 17.1 Å². The summed E-state index contributed by atoms with van der Waals surface area (Å²) in [6.45, 7) is 6.19. The molecule has 92 valence electrons. The van der Waals surface area contributed by atoms with Crippen LogP contribution in [0.1, 0.15) is 23.6 Å². The van der Waals surface area contributed by atoms with Crippen LogP contribution < -0.4 is 5.73 Å². The van der Waals surface area contributed by atoms with Gasteiger partial charge in [-0.15, -0.1) is 0 Å². The number of nitrogen functional groups attached to an aromatic ring is 1. The van der Waals surface area contributed by atoms with Crippen LogP contribution in [-0.4, -0.2) is 5.71 Å². The van der Waals surface area contributed by atoms with Crippen LogP contribution >= 0.6 is 0 Å². The van der Waals surface area contributed by atoms with Crippen LogP contribution in [0, 0.1) is 13.8 Å². The Hall–Kier alpha value is -2.09. The standard InChI is InChI=1S/C16H18N2/c1-11-4-9-16(12(2)10-11)18-13(3)14-5-7-15(17)8-6-14/h4-10H,17H2,1-3H3/b18-13+. The summed E-state index contributed by atoms with van der Waals surface area (Å²) in [5.41, 5.74) is 12.0. The van der Waals surface area contributed by atoms with Crippen molar-refractivity contribution < 1.29 is 0 Å². The fourth-order valence-electron chi connectivity index (χ4n) is 1.90. The molecule has 0 aliphatic heterocycles. The highest BCUT2D eigenvalue weighted by atomic mass is 14.7. The summed E-state index contributed by atoms with van der Waals surface area (Å²) in [5.74, 6) is 0. The zero-order valence-electron chi connectivity index (χ0n) is 11.1. The van der Waals surface area contributed by atoms with Crippen molar-refractivity contribution in [3.8, 4) is 0 Å². The molecule has 0 fully saturated rings. The predicted octanol–water partition coefficient (Wildman–Crippen LogP) is 4.03. The lowest BCUT2D eigenvalue weighted by Crippen LogP contribution is -1.95. The lowest BCUT2D eigenvalue weighted by atomic mass is 10.1.